The van der Waals surface area contributed by atoms with Crippen molar-refractivity contribution in [3.63, 3.8) is 0 Å². The average Bonchev–Trinajstić information content (AvgIpc) is 2.34. The van der Waals surface area contributed by atoms with E-state index in [2.05, 4.69) is 10.2 Å². The second kappa shape index (κ2) is 4.95. The molecule has 0 heterocycles. The summed E-state index contributed by atoms with van der Waals surface area (Å²) >= 11 is 0. The zero-order valence-electron chi connectivity index (χ0n) is 8.87. The smallest absolute Gasteiger partial charge is 0.150 e. The van der Waals surface area contributed by atoms with Crippen molar-refractivity contribution in [2.45, 2.75) is 0 Å². The monoisotopic (exact) mass is 254 g/mol. The Morgan fingerprint density at radius 1 is 0.611 bits per heavy atom. The summed E-state index contributed by atoms with van der Waals surface area (Å²) in [7, 11) is 0. The van der Waals surface area contributed by atoms with Crippen LogP contribution in [0.4, 0.5) is 28.9 Å². The summed E-state index contributed by atoms with van der Waals surface area (Å²) < 4.78 is 52.0. The van der Waals surface area contributed by atoms with Crippen molar-refractivity contribution in [1.29, 1.82) is 0 Å². The predicted octanol–water partition coefficient (Wildman–Crippen LogP) is 4.66. The van der Waals surface area contributed by atoms with E-state index in [-0.39, 0.29) is 0 Å². The fraction of sp³-hybridized carbons (Fsp3) is 0. The van der Waals surface area contributed by atoms with Gasteiger partial charge in [-0.1, -0.05) is 0 Å². The molecule has 0 atom stereocenters. The molecule has 0 unspecified atom stereocenters. The molecule has 0 bridgehead atoms. The van der Waals surface area contributed by atoms with Gasteiger partial charge in [0.1, 0.15) is 23.0 Å². The number of hydrogen-bond donors (Lipinski definition) is 0. The molecule has 2 aromatic carbocycles. The van der Waals surface area contributed by atoms with Gasteiger partial charge in [0.15, 0.2) is 11.6 Å². The van der Waals surface area contributed by atoms with Crippen molar-refractivity contribution < 1.29 is 17.6 Å². The molecule has 0 saturated carbocycles. The summed E-state index contributed by atoms with van der Waals surface area (Å²) in [5.74, 6) is -3.02. The largest absolute Gasteiger partial charge is 0.207 e. The summed E-state index contributed by atoms with van der Waals surface area (Å²) in [6.45, 7) is 0. The molecule has 2 rings (SSSR count). The number of nitrogens with zero attached hydrogens (tertiary/aromatic N) is 2. The maximum absolute atomic E-state index is 13.2. The minimum Gasteiger partial charge on any atom is -0.207 e. The first-order valence-corrected chi connectivity index (χ1v) is 4.88. The van der Waals surface area contributed by atoms with E-state index in [1.54, 1.807) is 0 Å². The average molecular weight is 254 g/mol. The molecule has 0 amide bonds. The number of hydrogen-bond acceptors (Lipinski definition) is 2. The molecule has 0 N–H and O–H groups in total. The molecule has 18 heavy (non-hydrogen) atoms. The van der Waals surface area contributed by atoms with Crippen LogP contribution in [0.1, 0.15) is 0 Å². The van der Waals surface area contributed by atoms with E-state index in [1.165, 1.54) is 0 Å². The molecule has 2 nitrogen and oxygen atoms in total. The van der Waals surface area contributed by atoms with Crippen molar-refractivity contribution in [2.75, 3.05) is 0 Å². The van der Waals surface area contributed by atoms with Crippen LogP contribution in [0.3, 0.4) is 0 Å². The second-order valence-corrected chi connectivity index (χ2v) is 3.39. The highest BCUT2D eigenvalue weighted by Crippen LogP contribution is 2.24. The quantitative estimate of drug-likeness (QED) is 0.550. The summed E-state index contributed by atoms with van der Waals surface area (Å²) in [5.41, 5.74) is -0.780. The molecule has 0 spiro atoms. The minimum atomic E-state index is -0.808. The Morgan fingerprint density at radius 2 is 1.00 bits per heavy atom. The molecule has 0 fully saturated rings. The molecule has 0 aliphatic carbocycles. The molecule has 0 saturated heterocycles. The lowest BCUT2D eigenvalue weighted by atomic mass is 10.3. The van der Waals surface area contributed by atoms with Gasteiger partial charge in [-0.25, -0.2) is 17.6 Å². The van der Waals surface area contributed by atoms with Crippen LogP contribution in [0, 0.1) is 23.3 Å². The zero-order valence-corrected chi connectivity index (χ0v) is 8.87. The first-order valence-electron chi connectivity index (χ1n) is 4.88. The van der Waals surface area contributed by atoms with E-state index in [4.69, 9.17) is 0 Å². The van der Waals surface area contributed by atoms with Gasteiger partial charge in [0, 0.05) is 12.1 Å². The van der Waals surface area contributed by atoms with Gasteiger partial charge in [0.2, 0.25) is 0 Å². The lowest BCUT2D eigenvalue weighted by molar-refractivity contribution is 0.597. The number of rotatable bonds is 2. The molecule has 0 aromatic heterocycles. The molecule has 0 aliphatic heterocycles. The Bertz CT molecular complexity index is 558. The van der Waals surface area contributed by atoms with Crippen LogP contribution in [0.2, 0.25) is 0 Å². The molecule has 0 aliphatic rings. The van der Waals surface area contributed by atoms with Crippen LogP contribution >= 0.6 is 0 Å². The molecule has 92 valence electrons. The van der Waals surface area contributed by atoms with Gasteiger partial charge in [-0.05, 0) is 24.3 Å². The molecule has 6 heteroatoms. The highest BCUT2D eigenvalue weighted by atomic mass is 19.1. The number of halogens is 4. The van der Waals surface area contributed by atoms with Gasteiger partial charge in [0.05, 0.1) is 0 Å². The lowest BCUT2D eigenvalue weighted by Crippen LogP contribution is -1.80. The van der Waals surface area contributed by atoms with Crippen molar-refractivity contribution in [1.82, 2.24) is 0 Å². The van der Waals surface area contributed by atoms with Gasteiger partial charge in [-0.15, -0.1) is 10.2 Å². The second-order valence-electron chi connectivity index (χ2n) is 3.39. The fourth-order valence-corrected chi connectivity index (χ4v) is 1.23. The summed E-state index contributed by atoms with van der Waals surface area (Å²) in [6.07, 6.45) is 0. The highest BCUT2D eigenvalue weighted by molar-refractivity contribution is 5.42. The van der Waals surface area contributed by atoms with Crippen molar-refractivity contribution in [3.05, 3.63) is 59.7 Å². The Morgan fingerprint density at radius 3 is 1.39 bits per heavy atom. The van der Waals surface area contributed by atoms with Gasteiger partial charge in [-0.3, -0.25) is 0 Å². The van der Waals surface area contributed by atoms with Crippen LogP contribution in [0.25, 0.3) is 0 Å². The van der Waals surface area contributed by atoms with Crippen molar-refractivity contribution in [3.8, 4) is 0 Å². The normalized spacial score (nSPS) is 11.1. The standard InChI is InChI=1S/C12H6F4N2/c13-7-1-3-9(15)11(5-7)17-18-12-6-8(14)2-4-10(12)16/h1-6H. The Hall–Kier alpha value is -2.24. The van der Waals surface area contributed by atoms with Gasteiger partial charge in [0.25, 0.3) is 0 Å². The predicted molar refractivity (Wildman–Crippen MR) is 56.9 cm³/mol. The van der Waals surface area contributed by atoms with Crippen molar-refractivity contribution >= 4 is 11.4 Å². The SMILES string of the molecule is Fc1ccc(F)c(N=Nc2cc(F)ccc2F)c1. The number of azo groups is 1. The topological polar surface area (TPSA) is 24.7 Å². The van der Waals surface area contributed by atoms with Crippen molar-refractivity contribution in [2.24, 2.45) is 10.2 Å². The molecule has 0 radical (unpaired) electrons. The van der Waals surface area contributed by atoms with Gasteiger partial charge < -0.3 is 0 Å². The molecular weight excluding hydrogens is 248 g/mol. The van der Waals surface area contributed by atoms with E-state index in [0.717, 1.165) is 36.4 Å². The maximum atomic E-state index is 13.2. The maximum Gasteiger partial charge on any atom is 0.150 e. The Kier molecular flexibility index (Phi) is 3.36. The third-order valence-corrected chi connectivity index (χ3v) is 2.08. The fourth-order valence-electron chi connectivity index (χ4n) is 1.23. The summed E-state index contributed by atoms with van der Waals surface area (Å²) in [5, 5.41) is 6.68. The molecule has 2 aromatic rings. The van der Waals surface area contributed by atoms with Crippen LogP contribution in [-0.2, 0) is 0 Å². The lowest BCUT2D eigenvalue weighted by Gasteiger charge is -1.97. The van der Waals surface area contributed by atoms with Crippen LogP contribution in [0.15, 0.2) is 46.6 Å². The minimum absolute atomic E-state index is 0.390. The van der Waals surface area contributed by atoms with E-state index < -0.39 is 34.6 Å². The van der Waals surface area contributed by atoms with Crippen LogP contribution < -0.4 is 0 Å². The first-order chi connectivity index (χ1) is 8.56. The summed E-state index contributed by atoms with van der Waals surface area (Å²) in [4.78, 5) is 0. The van der Waals surface area contributed by atoms with Gasteiger partial charge in [-0.2, -0.15) is 0 Å². The first kappa shape index (κ1) is 12.2. The van der Waals surface area contributed by atoms with Crippen LogP contribution in [-0.4, -0.2) is 0 Å². The molecular formula is C12H6F4N2. The Balaban J connectivity index is 2.35. The van der Waals surface area contributed by atoms with Crippen LogP contribution in [0.5, 0.6) is 0 Å². The summed E-state index contributed by atoms with van der Waals surface area (Å²) in [6, 6.07) is 5.16. The van der Waals surface area contributed by atoms with E-state index in [1.807, 2.05) is 0 Å². The highest BCUT2D eigenvalue weighted by Gasteiger charge is 2.05. The third-order valence-electron chi connectivity index (χ3n) is 2.08. The Labute approximate surface area is 99.6 Å². The number of benzene rings is 2. The third kappa shape index (κ3) is 2.71. The van der Waals surface area contributed by atoms with E-state index in [0.29, 0.717) is 0 Å². The van der Waals surface area contributed by atoms with Gasteiger partial charge >= 0.3 is 0 Å². The zero-order chi connectivity index (χ0) is 13.1. The van der Waals surface area contributed by atoms with E-state index in [9.17, 15) is 17.6 Å². The van der Waals surface area contributed by atoms with E-state index >= 15 is 0 Å².